The van der Waals surface area contributed by atoms with E-state index in [0.29, 0.717) is 23.0 Å². The molecule has 2 heterocycles. The standard InChI is InChI=1S/C22H17N3O3/c1-15-24-21(28-25-15)17-10-12-18(13-11-17)22(26)27-20(16-7-3-2-4-8-16)19-9-5-6-14-23-19/h2-14,20H,1H3. The number of carbonyl (C=O) groups excluding carboxylic acids is 1. The molecule has 4 aromatic rings. The van der Waals surface area contributed by atoms with E-state index in [0.717, 1.165) is 11.1 Å². The predicted octanol–water partition coefficient (Wildman–Crippen LogP) is 4.39. The molecule has 0 aliphatic rings. The van der Waals surface area contributed by atoms with E-state index in [9.17, 15) is 4.79 Å². The Bertz CT molecular complexity index is 1020. The molecule has 1 atom stereocenters. The maximum atomic E-state index is 12.8. The van der Waals surface area contributed by atoms with Gasteiger partial charge in [-0.25, -0.2) is 4.79 Å². The highest BCUT2D eigenvalue weighted by molar-refractivity contribution is 5.90. The van der Waals surface area contributed by atoms with Crippen LogP contribution < -0.4 is 0 Å². The second kappa shape index (κ2) is 7.84. The summed E-state index contributed by atoms with van der Waals surface area (Å²) in [6, 6.07) is 21.9. The first-order valence-electron chi connectivity index (χ1n) is 8.78. The zero-order chi connectivity index (χ0) is 19.3. The fourth-order valence-electron chi connectivity index (χ4n) is 2.80. The first-order valence-corrected chi connectivity index (χ1v) is 8.78. The van der Waals surface area contributed by atoms with Crippen molar-refractivity contribution in [3.63, 3.8) is 0 Å². The van der Waals surface area contributed by atoms with Crippen LogP contribution in [0.25, 0.3) is 11.5 Å². The zero-order valence-electron chi connectivity index (χ0n) is 15.1. The molecule has 28 heavy (non-hydrogen) atoms. The van der Waals surface area contributed by atoms with Gasteiger partial charge in [0.1, 0.15) is 0 Å². The SMILES string of the molecule is Cc1noc(-c2ccc(C(=O)OC(c3ccccc3)c3ccccn3)cc2)n1. The lowest BCUT2D eigenvalue weighted by Gasteiger charge is -2.18. The van der Waals surface area contributed by atoms with Gasteiger partial charge in [0.15, 0.2) is 11.9 Å². The Morgan fingerprint density at radius 2 is 1.71 bits per heavy atom. The molecular weight excluding hydrogens is 354 g/mol. The molecular formula is C22H17N3O3. The van der Waals surface area contributed by atoms with Gasteiger partial charge in [-0.15, -0.1) is 0 Å². The fourth-order valence-corrected chi connectivity index (χ4v) is 2.80. The van der Waals surface area contributed by atoms with Crippen molar-refractivity contribution >= 4 is 5.97 Å². The number of aryl methyl sites for hydroxylation is 1. The molecule has 0 spiro atoms. The number of nitrogens with zero attached hydrogens (tertiary/aromatic N) is 3. The Morgan fingerprint density at radius 3 is 2.36 bits per heavy atom. The van der Waals surface area contributed by atoms with E-state index in [1.165, 1.54) is 0 Å². The molecule has 0 saturated heterocycles. The summed E-state index contributed by atoms with van der Waals surface area (Å²) in [5, 5.41) is 3.77. The van der Waals surface area contributed by atoms with Crippen LogP contribution in [0.5, 0.6) is 0 Å². The number of benzene rings is 2. The lowest BCUT2D eigenvalue weighted by molar-refractivity contribution is 0.0370. The molecule has 0 amide bonds. The molecule has 0 aliphatic carbocycles. The molecule has 6 heteroatoms. The first kappa shape index (κ1) is 17.6. The Balaban J connectivity index is 1.58. The van der Waals surface area contributed by atoms with Crippen LogP contribution in [0.1, 0.15) is 33.5 Å². The largest absolute Gasteiger partial charge is 0.447 e. The first-order chi connectivity index (χ1) is 13.7. The van der Waals surface area contributed by atoms with E-state index >= 15 is 0 Å². The lowest BCUT2D eigenvalue weighted by Crippen LogP contribution is -2.14. The van der Waals surface area contributed by atoms with Crippen LogP contribution in [0, 0.1) is 6.92 Å². The van der Waals surface area contributed by atoms with Crippen molar-refractivity contribution < 1.29 is 14.1 Å². The molecule has 4 rings (SSSR count). The summed E-state index contributed by atoms with van der Waals surface area (Å²) in [6.45, 7) is 1.75. The summed E-state index contributed by atoms with van der Waals surface area (Å²) in [4.78, 5) is 21.3. The third-order valence-electron chi connectivity index (χ3n) is 4.18. The molecule has 0 bridgehead atoms. The lowest BCUT2D eigenvalue weighted by atomic mass is 10.1. The molecule has 138 valence electrons. The molecule has 0 radical (unpaired) electrons. The topological polar surface area (TPSA) is 78.1 Å². The monoisotopic (exact) mass is 371 g/mol. The highest BCUT2D eigenvalue weighted by Crippen LogP contribution is 2.26. The Hall–Kier alpha value is -3.80. The quantitative estimate of drug-likeness (QED) is 0.484. The number of carbonyl (C=O) groups is 1. The third kappa shape index (κ3) is 3.81. The molecule has 2 aromatic heterocycles. The number of hydrogen-bond acceptors (Lipinski definition) is 6. The van der Waals surface area contributed by atoms with Crippen LogP contribution in [-0.2, 0) is 4.74 Å². The van der Waals surface area contributed by atoms with Crippen LogP contribution in [0.3, 0.4) is 0 Å². The number of ether oxygens (including phenoxy) is 1. The normalized spacial score (nSPS) is 11.8. The highest BCUT2D eigenvalue weighted by atomic mass is 16.5. The van der Waals surface area contributed by atoms with Gasteiger partial charge in [-0.2, -0.15) is 4.98 Å². The van der Waals surface area contributed by atoms with E-state index in [4.69, 9.17) is 9.26 Å². The number of aromatic nitrogens is 3. The molecule has 0 fully saturated rings. The van der Waals surface area contributed by atoms with E-state index in [1.807, 2.05) is 48.5 Å². The Labute approximate surface area is 161 Å². The van der Waals surface area contributed by atoms with Gasteiger partial charge >= 0.3 is 5.97 Å². The maximum absolute atomic E-state index is 12.8. The fraction of sp³-hybridized carbons (Fsp3) is 0.0909. The second-order valence-electron chi connectivity index (χ2n) is 6.17. The van der Waals surface area contributed by atoms with Crippen LogP contribution in [-0.4, -0.2) is 21.1 Å². The van der Waals surface area contributed by atoms with Gasteiger partial charge in [-0.1, -0.05) is 41.6 Å². The molecule has 0 aliphatic heterocycles. The van der Waals surface area contributed by atoms with Gasteiger partial charge in [-0.3, -0.25) is 4.98 Å². The van der Waals surface area contributed by atoms with Crippen molar-refractivity contribution in [2.45, 2.75) is 13.0 Å². The van der Waals surface area contributed by atoms with Crippen molar-refractivity contribution in [2.24, 2.45) is 0 Å². The summed E-state index contributed by atoms with van der Waals surface area (Å²) >= 11 is 0. The summed E-state index contributed by atoms with van der Waals surface area (Å²) in [5.41, 5.74) is 2.69. The molecule has 6 nitrogen and oxygen atoms in total. The predicted molar refractivity (Wildman–Crippen MR) is 102 cm³/mol. The number of pyridine rings is 1. The smallest absolute Gasteiger partial charge is 0.339 e. The van der Waals surface area contributed by atoms with E-state index in [-0.39, 0.29) is 0 Å². The Morgan fingerprint density at radius 1 is 0.964 bits per heavy atom. The Kier molecular flexibility index (Phi) is 4.93. The molecule has 2 aromatic carbocycles. The molecule has 0 saturated carbocycles. The van der Waals surface area contributed by atoms with Gasteiger partial charge in [0.05, 0.1) is 11.3 Å². The van der Waals surface area contributed by atoms with E-state index in [1.54, 1.807) is 37.4 Å². The van der Waals surface area contributed by atoms with Crippen LogP contribution in [0.2, 0.25) is 0 Å². The maximum Gasteiger partial charge on any atom is 0.339 e. The average molecular weight is 371 g/mol. The van der Waals surface area contributed by atoms with Gasteiger partial charge in [0.25, 0.3) is 5.89 Å². The minimum absolute atomic E-state index is 0.410. The van der Waals surface area contributed by atoms with Crippen molar-refractivity contribution in [2.75, 3.05) is 0 Å². The minimum Gasteiger partial charge on any atom is -0.447 e. The zero-order valence-corrected chi connectivity index (χ0v) is 15.1. The molecule has 1 unspecified atom stereocenters. The van der Waals surface area contributed by atoms with Gasteiger partial charge < -0.3 is 9.26 Å². The van der Waals surface area contributed by atoms with Gasteiger partial charge in [0, 0.05) is 11.8 Å². The van der Waals surface area contributed by atoms with Crippen LogP contribution in [0.4, 0.5) is 0 Å². The van der Waals surface area contributed by atoms with Crippen LogP contribution in [0.15, 0.2) is 83.5 Å². The summed E-state index contributed by atoms with van der Waals surface area (Å²) in [6.07, 6.45) is 1.09. The van der Waals surface area contributed by atoms with Crippen LogP contribution >= 0.6 is 0 Å². The minimum atomic E-state index is -0.590. The average Bonchev–Trinajstić information content (AvgIpc) is 3.19. The number of rotatable bonds is 5. The number of esters is 1. The van der Waals surface area contributed by atoms with Gasteiger partial charge in [-0.05, 0) is 48.9 Å². The van der Waals surface area contributed by atoms with E-state index in [2.05, 4.69) is 15.1 Å². The summed E-state index contributed by atoms with van der Waals surface area (Å²) < 4.78 is 11.0. The van der Waals surface area contributed by atoms with Crippen molar-refractivity contribution in [3.8, 4) is 11.5 Å². The van der Waals surface area contributed by atoms with E-state index < -0.39 is 12.1 Å². The number of hydrogen-bond donors (Lipinski definition) is 0. The molecule has 0 N–H and O–H groups in total. The summed E-state index contributed by atoms with van der Waals surface area (Å²) in [7, 11) is 0. The second-order valence-corrected chi connectivity index (χ2v) is 6.17. The third-order valence-corrected chi connectivity index (χ3v) is 4.18. The van der Waals surface area contributed by atoms with Crippen molar-refractivity contribution in [3.05, 3.63) is 102 Å². The van der Waals surface area contributed by atoms with Gasteiger partial charge in [0.2, 0.25) is 0 Å². The van der Waals surface area contributed by atoms with Crippen molar-refractivity contribution in [1.29, 1.82) is 0 Å². The highest BCUT2D eigenvalue weighted by Gasteiger charge is 2.21. The van der Waals surface area contributed by atoms with Crippen molar-refractivity contribution in [1.82, 2.24) is 15.1 Å². The summed E-state index contributed by atoms with van der Waals surface area (Å²) in [5.74, 6) is 0.528.